The van der Waals surface area contributed by atoms with Gasteiger partial charge in [-0.15, -0.1) is 0 Å². The fourth-order valence-electron chi connectivity index (χ4n) is 1.36. The third-order valence-corrected chi connectivity index (χ3v) is 2.10. The van der Waals surface area contributed by atoms with E-state index >= 15 is 0 Å². The van der Waals surface area contributed by atoms with E-state index in [1.807, 2.05) is 0 Å². The normalized spacial score (nSPS) is 25.8. The Morgan fingerprint density at radius 2 is 1.00 bits per heavy atom. The summed E-state index contributed by atoms with van der Waals surface area (Å²) >= 11 is 0. The van der Waals surface area contributed by atoms with Crippen molar-refractivity contribution in [3.05, 3.63) is 36.5 Å². The number of hydrogen-bond donors (Lipinski definition) is 0. The van der Waals surface area contributed by atoms with Gasteiger partial charge in [0.25, 0.3) is 0 Å². The molecule has 0 amide bonds. The zero-order valence-corrected chi connectivity index (χ0v) is 9.01. The van der Waals surface area contributed by atoms with Gasteiger partial charge in [0.1, 0.15) is 0 Å². The number of rotatable bonds is 0. The monoisotopic (exact) mass is 220 g/mol. The molecule has 0 aromatic carbocycles. The molecule has 1 aliphatic carbocycles. The van der Waals surface area contributed by atoms with Crippen LogP contribution in [0.5, 0.6) is 0 Å². The Morgan fingerprint density at radius 1 is 0.538 bits per heavy atom. The second-order valence-electron chi connectivity index (χ2n) is 3.23. The van der Waals surface area contributed by atoms with E-state index in [1.54, 1.807) is 0 Å². The van der Waals surface area contributed by atoms with E-state index in [0.717, 1.165) is 0 Å². The zero-order valence-electron chi connectivity index (χ0n) is 8.02. The molecule has 1 heteroatoms. The first-order valence-electron chi connectivity index (χ1n) is 4.98. The van der Waals surface area contributed by atoms with Crippen molar-refractivity contribution in [2.45, 2.75) is 38.5 Å². The van der Waals surface area contributed by atoms with Crippen molar-refractivity contribution in [2.24, 2.45) is 0 Å². The van der Waals surface area contributed by atoms with E-state index in [4.69, 9.17) is 0 Å². The molecule has 0 fully saturated rings. The van der Waals surface area contributed by atoms with Crippen LogP contribution in [0.4, 0.5) is 0 Å². The Morgan fingerprint density at radius 3 is 1.46 bits per heavy atom. The van der Waals surface area contributed by atoms with E-state index in [-0.39, 0.29) is 16.5 Å². The Bertz CT molecular complexity index is 158. The van der Waals surface area contributed by atoms with Crippen molar-refractivity contribution >= 4 is 0 Å². The third kappa shape index (κ3) is 8.05. The minimum absolute atomic E-state index is 0. The Kier molecular flexibility index (Phi) is 9.58. The molecular formula is C12H18Ni. The topological polar surface area (TPSA) is 0 Å². The average molecular weight is 221 g/mol. The van der Waals surface area contributed by atoms with Gasteiger partial charge in [0.2, 0.25) is 0 Å². The first kappa shape index (κ1) is 12.7. The van der Waals surface area contributed by atoms with E-state index in [9.17, 15) is 0 Å². The quantitative estimate of drug-likeness (QED) is 0.542. The van der Waals surface area contributed by atoms with E-state index in [2.05, 4.69) is 36.5 Å². The summed E-state index contributed by atoms with van der Waals surface area (Å²) in [6.45, 7) is 0. The SMILES string of the molecule is C1=C\CCCCCC/C=C/C=C/1.[Ni]. The molecular weight excluding hydrogens is 203 g/mol. The second kappa shape index (κ2) is 9.80. The van der Waals surface area contributed by atoms with Gasteiger partial charge in [-0.25, -0.2) is 0 Å². The van der Waals surface area contributed by atoms with Crippen molar-refractivity contribution in [3.8, 4) is 0 Å². The molecule has 0 aromatic rings. The van der Waals surface area contributed by atoms with Crippen molar-refractivity contribution in [1.29, 1.82) is 0 Å². The Balaban J connectivity index is 0.00000144. The van der Waals surface area contributed by atoms with Crippen LogP contribution in [0, 0.1) is 0 Å². The largest absolute Gasteiger partial charge is 0.0845 e. The van der Waals surface area contributed by atoms with Crippen LogP contribution in [0.1, 0.15) is 38.5 Å². The van der Waals surface area contributed by atoms with Gasteiger partial charge in [-0.05, 0) is 25.7 Å². The molecule has 0 aromatic heterocycles. The van der Waals surface area contributed by atoms with Gasteiger partial charge in [-0.1, -0.05) is 49.3 Å². The molecule has 0 atom stereocenters. The van der Waals surface area contributed by atoms with E-state index < -0.39 is 0 Å². The maximum atomic E-state index is 2.26. The molecule has 0 heterocycles. The summed E-state index contributed by atoms with van der Waals surface area (Å²) in [5, 5.41) is 0. The molecule has 0 aliphatic heterocycles. The van der Waals surface area contributed by atoms with Crippen LogP contribution in [0.15, 0.2) is 36.5 Å². The summed E-state index contributed by atoms with van der Waals surface area (Å²) in [6, 6.07) is 0. The smallest absolute Gasteiger partial charge is 0 e. The van der Waals surface area contributed by atoms with Crippen LogP contribution in [0.3, 0.4) is 0 Å². The van der Waals surface area contributed by atoms with Crippen molar-refractivity contribution in [1.82, 2.24) is 0 Å². The maximum Gasteiger partial charge on any atom is 0 e. The summed E-state index contributed by atoms with van der Waals surface area (Å²) in [4.78, 5) is 0. The molecule has 0 nitrogen and oxygen atoms in total. The van der Waals surface area contributed by atoms with Gasteiger partial charge in [-0.3, -0.25) is 0 Å². The number of hydrogen-bond acceptors (Lipinski definition) is 0. The molecule has 0 bridgehead atoms. The van der Waals surface area contributed by atoms with Gasteiger partial charge in [0.05, 0.1) is 0 Å². The van der Waals surface area contributed by atoms with Crippen molar-refractivity contribution < 1.29 is 16.5 Å². The molecule has 13 heavy (non-hydrogen) atoms. The molecule has 0 spiro atoms. The molecule has 0 N–H and O–H groups in total. The fraction of sp³-hybridized carbons (Fsp3) is 0.500. The van der Waals surface area contributed by atoms with Crippen LogP contribution in [-0.4, -0.2) is 0 Å². The predicted octanol–water partition coefficient (Wildman–Crippen LogP) is 4.01. The number of allylic oxidation sites excluding steroid dienone is 6. The summed E-state index contributed by atoms with van der Waals surface area (Å²) < 4.78 is 0. The molecule has 1 rings (SSSR count). The van der Waals surface area contributed by atoms with Gasteiger partial charge in [-0.2, -0.15) is 0 Å². The molecule has 0 saturated carbocycles. The minimum Gasteiger partial charge on any atom is -0.0845 e. The Labute approximate surface area is 91.7 Å². The second-order valence-corrected chi connectivity index (χ2v) is 3.23. The molecule has 1 aliphatic rings. The predicted molar refractivity (Wildman–Crippen MR) is 55.1 cm³/mol. The van der Waals surface area contributed by atoms with E-state index in [0.29, 0.717) is 0 Å². The summed E-state index contributed by atoms with van der Waals surface area (Å²) in [6.07, 6.45) is 21.0. The van der Waals surface area contributed by atoms with Gasteiger partial charge < -0.3 is 0 Å². The first-order chi connectivity index (χ1) is 6.00. The van der Waals surface area contributed by atoms with Crippen LogP contribution < -0.4 is 0 Å². The summed E-state index contributed by atoms with van der Waals surface area (Å²) in [7, 11) is 0. The van der Waals surface area contributed by atoms with E-state index in [1.165, 1.54) is 38.5 Å². The molecule has 0 unspecified atom stereocenters. The van der Waals surface area contributed by atoms with Crippen LogP contribution >= 0.6 is 0 Å². The molecule has 0 radical (unpaired) electrons. The fourth-order valence-corrected chi connectivity index (χ4v) is 1.36. The first-order valence-corrected chi connectivity index (χ1v) is 4.98. The van der Waals surface area contributed by atoms with Crippen molar-refractivity contribution in [2.75, 3.05) is 0 Å². The van der Waals surface area contributed by atoms with Crippen LogP contribution in [-0.2, 0) is 16.5 Å². The Hall–Kier alpha value is -0.286. The molecule has 76 valence electrons. The standard InChI is InChI=1S/C12H18.Ni/c1-2-4-6-8-10-12-11-9-7-5-3-1;/h1-6H,7-12H2;/b2-1+,5-3-,6-4+;. The minimum atomic E-state index is 0. The molecule has 0 saturated heterocycles. The summed E-state index contributed by atoms with van der Waals surface area (Å²) in [5.74, 6) is 0. The average Bonchev–Trinajstić information content (AvgIpc) is 2.05. The maximum absolute atomic E-state index is 2.26. The van der Waals surface area contributed by atoms with Crippen molar-refractivity contribution in [3.63, 3.8) is 0 Å². The van der Waals surface area contributed by atoms with Gasteiger partial charge in [0.15, 0.2) is 0 Å². The third-order valence-electron chi connectivity index (χ3n) is 2.10. The van der Waals surface area contributed by atoms with Gasteiger partial charge in [0, 0.05) is 16.5 Å². The summed E-state index contributed by atoms with van der Waals surface area (Å²) in [5.41, 5.74) is 0. The van der Waals surface area contributed by atoms with Crippen LogP contribution in [0.2, 0.25) is 0 Å². The van der Waals surface area contributed by atoms with Crippen LogP contribution in [0.25, 0.3) is 0 Å². The zero-order chi connectivity index (χ0) is 8.49. The van der Waals surface area contributed by atoms with Gasteiger partial charge >= 0.3 is 0 Å².